The van der Waals surface area contributed by atoms with Crippen molar-refractivity contribution in [2.45, 2.75) is 145 Å². The Morgan fingerprint density at radius 2 is 1.56 bits per heavy atom. The van der Waals surface area contributed by atoms with Gasteiger partial charge in [0.15, 0.2) is 6.29 Å². The molecule has 324 valence electrons. The monoisotopic (exact) mass is 847 g/mol. The van der Waals surface area contributed by atoms with Gasteiger partial charge in [-0.15, -0.1) is 27.8 Å². The third kappa shape index (κ3) is 10.3. The minimum Gasteiger partial charge on any atom is -0.872 e. The normalized spacial score (nSPS) is 16.7. The third-order valence-electron chi connectivity index (χ3n) is 12.4. The summed E-state index contributed by atoms with van der Waals surface area (Å²) in [5.41, 5.74) is 14.8. The smallest absolute Gasteiger partial charge is 0.872 e. The van der Waals surface area contributed by atoms with Crippen LogP contribution in [0.2, 0.25) is 0 Å². The van der Waals surface area contributed by atoms with Crippen LogP contribution in [0.4, 0.5) is 0 Å². The largest absolute Gasteiger partial charge is 2.00 e. The molecule has 0 fully saturated rings. The Labute approximate surface area is 384 Å². The molecular weight excluding hydrogens is 785 g/mol. The van der Waals surface area contributed by atoms with Crippen LogP contribution in [0.3, 0.4) is 0 Å². The van der Waals surface area contributed by atoms with Gasteiger partial charge in [0.05, 0.1) is 23.2 Å². The average molecular weight is 848 g/mol. The zero-order valence-corrected chi connectivity index (χ0v) is 40.2. The molecule has 0 radical (unpaired) electrons. The molecule has 0 saturated carbocycles. The maximum absolute atomic E-state index is 14.0. The predicted octanol–water partition coefficient (Wildman–Crippen LogP) is 10.4. The molecule has 8 bridgehead atoms. The second-order valence-corrected chi connectivity index (χ2v) is 17.9. The number of aldehydes is 1. The number of rotatable bonds is 16. The maximum Gasteiger partial charge on any atom is 2.00 e. The molecule has 0 spiro atoms. The van der Waals surface area contributed by atoms with Gasteiger partial charge in [-0.1, -0.05) is 85.9 Å². The minimum atomic E-state index is -0.837. The van der Waals surface area contributed by atoms with Crippen molar-refractivity contribution in [3.05, 3.63) is 103 Å². The van der Waals surface area contributed by atoms with Gasteiger partial charge in [-0.05, 0) is 133 Å². The molecule has 0 amide bonds. The number of ether oxygens (including phenoxy) is 1. The van der Waals surface area contributed by atoms with Crippen LogP contribution >= 0.6 is 0 Å². The molecular formula is C52H63MgN4O5-. The second-order valence-electron chi connectivity index (χ2n) is 17.9. The van der Waals surface area contributed by atoms with Crippen LogP contribution in [-0.4, -0.2) is 57.0 Å². The number of carbonyl (C=O) groups excluding carboxylic acids is 2. The molecule has 9 nitrogen and oxygen atoms in total. The van der Waals surface area contributed by atoms with Gasteiger partial charge in [0.1, 0.15) is 6.61 Å². The van der Waals surface area contributed by atoms with Crippen LogP contribution in [0.5, 0.6) is 0 Å². The number of carbonyl (C=O) groups is 2. The van der Waals surface area contributed by atoms with Crippen molar-refractivity contribution in [3.8, 4) is 0 Å². The Bertz CT molecular complexity index is 2540. The van der Waals surface area contributed by atoms with Crippen molar-refractivity contribution < 1.29 is 24.5 Å². The molecule has 5 heterocycles. The summed E-state index contributed by atoms with van der Waals surface area (Å²) < 4.78 is 5.74. The van der Waals surface area contributed by atoms with Gasteiger partial charge in [0, 0.05) is 29.5 Å². The molecule has 10 heteroatoms. The number of hydrogen-bond donors (Lipinski definition) is 1. The minimum absolute atomic E-state index is 0. The van der Waals surface area contributed by atoms with E-state index in [0.29, 0.717) is 75.0 Å². The van der Waals surface area contributed by atoms with E-state index < -0.39 is 6.10 Å². The van der Waals surface area contributed by atoms with Crippen LogP contribution in [0.1, 0.15) is 181 Å². The number of hydrogen-bond acceptors (Lipinski definition) is 7. The second kappa shape index (κ2) is 20.8. The Kier molecular flexibility index (Phi) is 16.3. The summed E-state index contributed by atoms with van der Waals surface area (Å²) in [7, 11) is 0. The van der Waals surface area contributed by atoms with E-state index in [1.807, 2.05) is 32.9 Å². The molecule has 2 aliphatic heterocycles. The van der Waals surface area contributed by atoms with Gasteiger partial charge < -0.3 is 24.9 Å². The van der Waals surface area contributed by atoms with E-state index in [2.05, 4.69) is 60.6 Å². The summed E-state index contributed by atoms with van der Waals surface area (Å²) in [4.78, 5) is 46.7. The van der Waals surface area contributed by atoms with Crippen LogP contribution in [0.25, 0.3) is 45.0 Å². The van der Waals surface area contributed by atoms with Gasteiger partial charge >= 0.3 is 29.0 Å². The number of aliphatic hydroxyl groups excluding tert-OH is 1. The van der Waals surface area contributed by atoms with Crippen LogP contribution in [-0.2, 0) is 20.7 Å². The zero-order chi connectivity index (χ0) is 44.3. The molecule has 1 N–H and O–H groups in total. The van der Waals surface area contributed by atoms with Crippen molar-refractivity contribution in [3.63, 3.8) is 0 Å². The number of nitrogens with zero attached hydrogens (tertiary/aromatic N) is 4. The van der Waals surface area contributed by atoms with E-state index in [-0.39, 0.29) is 65.6 Å². The Morgan fingerprint density at radius 3 is 2.21 bits per heavy atom. The van der Waals surface area contributed by atoms with Crippen LogP contribution in [0.15, 0.2) is 47.1 Å². The molecule has 62 heavy (non-hydrogen) atoms. The first-order chi connectivity index (χ1) is 29.0. The number of allylic oxidation sites excluding steroid dienone is 7. The van der Waals surface area contributed by atoms with Crippen molar-refractivity contribution in [2.75, 3.05) is 6.61 Å². The van der Waals surface area contributed by atoms with Crippen molar-refractivity contribution in [1.82, 2.24) is 19.9 Å². The van der Waals surface area contributed by atoms with E-state index in [9.17, 15) is 19.8 Å². The maximum atomic E-state index is 14.0. The molecule has 1 unspecified atom stereocenters. The summed E-state index contributed by atoms with van der Waals surface area (Å²) in [5.74, 6) is -0.506. The van der Waals surface area contributed by atoms with Gasteiger partial charge in [-0.3, -0.25) is 14.6 Å². The van der Waals surface area contributed by atoms with Crippen LogP contribution in [0, 0.1) is 19.8 Å². The first-order valence-electron chi connectivity index (χ1n) is 22.1. The molecule has 3 atom stereocenters. The molecule has 6 rings (SSSR count). The fraction of sp³-hybridized carbons (Fsp3) is 0.462. The Morgan fingerprint density at radius 1 is 0.903 bits per heavy atom. The van der Waals surface area contributed by atoms with Gasteiger partial charge in [0.2, 0.25) is 0 Å². The fourth-order valence-corrected chi connectivity index (χ4v) is 9.20. The standard InChI is InChI=1S/C52H65N4O5.Mg/c1-12-36-41-25-42-38(23-29(4)5)40(27-57)43(53-42)26-44-47(35(11)58)33(9)50(55-44)34(10)49-32(8)37(51(56-49)39-24-45(59)48(36)52(39)54-41)19-20-46(60)61-22-21-31(7)18-14-17-30(6)16-13-15-28(2)3;/h15,17,21,24-27,29,32,35,37,58H,12-14,16,18-20,22-23H2,1-11H3,(H2-,53,54,55,56,57,59);/q-1;+2/p-2/b30-17+,31-21+;/t32-,35?,37-;/m0./s1. The van der Waals surface area contributed by atoms with E-state index in [0.717, 1.165) is 65.6 Å². The van der Waals surface area contributed by atoms with E-state index in [1.54, 1.807) is 19.1 Å². The number of aromatic nitrogens is 4. The summed E-state index contributed by atoms with van der Waals surface area (Å²) in [5, 5.41) is 25.1. The van der Waals surface area contributed by atoms with Gasteiger partial charge in [0.25, 0.3) is 0 Å². The average Bonchev–Trinajstić information content (AvgIpc) is 3.97. The van der Waals surface area contributed by atoms with Crippen molar-refractivity contribution in [2.24, 2.45) is 5.92 Å². The summed E-state index contributed by atoms with van der Waals surface area (Å²) in [6.07, 6.45) is 14.1. The number of aliphatic hydroxyl groups is 1. The third-order valence-corrected chi connectivity index (χ3v) is 12.4. The summed E-state index contributed by atoms with van der Waals surface area (Å²) in [6.45, 7) is 22.7. The molecule has 3 aromatic heterocycles. The molecule has 3 aliphatic rings. The van der Waals surface area contributed by atoms with Crippen LogP contribution < -0.4 is 15.1 Å². The fourth-order valence-electron chi connectivity index (χ4n) is 9.20. The topological polar surface area (TPSA) is 141 Å². The molecule has 3 aromatic rings. The number of esters is 1. The van der Waals surface area contributed by atoms with E-state index >= 15 is 0 Å². The SMILES string of the molecule is CCc1c2c3[n-]c1cc1nc(cc4[n-]c(c(C)c5nc(c3C=C2[O-])[C@@H](CCC(=O)OC/C=C(\C)CC/C=C(\C)CCC=C(C)C)[C@@H]5C)c(C)c4C(C)O)C(C=O)=C1CC(C)C.[Mg+2]. The zero-order valence-electron chi connectivity index (χ0n) is 38.8. The quantitative estimate of drug-likeness (QED) is 0.0645. The summed E-state index contributed by atoms with van der Waals surface area (Å²) in [6, 6.07) is 3.71. The van der Waals surface area contributed by atoms with E-state index in [4.69, 9.17) is 24.7 Å². The van der Waals surface area contributed by atoms with Gasteiger partial charge in [-0.2, -0.15) is 0 Å². The van der Waals surface area contributed by atoms with Crippen molar-refractivity contribution >= 4 is 80.4 Å². The molecule has 0 aromatic carbocycles. The Balaban J connectivity index is 0.00000726. The first kappa shape index (κ1) is 48.5. The first-order valence-corrected chi connectivity index (χ1v) is 22.1. The Hall–Kier alpha value is -4.51. The summed E-state index contributed by atoms with van der Waals surface area (Å²) >= 11 is 0. The number of fused-ring (bicyclic) bond motifs is 8. The van der Waals surface area contributed by atoms with E-state index in [1.165, 1.54) is 16.7 Å². The predicted molar refractivity (Wildman–Crippen MR) is 251 cm³/mol. The number of aryl methyl sites for hydroxylation is 3. The van der Waals surface area contributed by atoms with Crippen molar-refractivity contribution in [1.29, 1.82) is 0 Å². The molecule has 1 aliphatic carbocycles. The van der Waals surface area contributed by atoms with Gasteiger partial charge in [-0.25, -0.2) is 4.98 Å². The molecule has 0 saturated heterocycles.